The van der Waals surface area contributed by atoms with E-state index >= 15 is 0 Å². The van der Waals surface area contributed by atoms with Gasteiger partial charge in [-0.1, -0.05) is 20.8 Å². The fourth-order valence-corrected chi connectivity index (χ4v) is 3.07. The van der Waals surface area contributed by atoms with E-state index in [0.717, 1.165) is 0 Å². The minimum atomic E-state index is -0.601. The number of hydrogen-bond donors (Lipinski definition) is 2. The quantitative estimate of drug-likeness (QED) is 0.668. The monoisotopic (exact) mass is 353 g/mol. The zero-order valence-corrected chi connectivity index (χ0v) is 16.0. The molecule has 1 aliphatic rings. The molecular weight excluding hydrogens is 322 g/mol. The number of amides is 3. The van der Waals surface area contributed by atoms with Crippen molar-refractivity contribution in [2.45, 2.75) is 71.4 Å². The number of likely N-dealkylation sites (tertiary alicyclic amines) is 1. The van der Waals surface area contributed by atoms with Gasteiger partial charge in [-0.05, 0) is 25.7 Å². The molecule has 0 aromatic heterocycles. The van der Waals surface area contributed by atoms with Crippen LogP contribution in [0.4, 0.5) is 0 Å². The average Bonchev–Trinajstić information content (AvgIpc) is 3.00. The maximum atomic E-state index is 12.6. The molecule has 25 heavy (non-hydrogen) atoms. The van der Waals surface area contributed by atoms with Gasteiger partial charge < -0.3 is 15.5 Å². The third kappa shape index (κ3) is 5.54. The number of rotatable bonds is 7. The Hall–Kier alpha value is -1.92. The van der Waals surface area contributed by atoms with Crippen LogP contribution in [0.3, 0.4) is 0 Å². The van der Waals surface area contributed by atoms with E-state index in [1.54, 1.807) is 0 Å². The highest BCUT2D eigenvalue weighted by atomic mass is 16.2. The molecule has 0 spiro atoms. The van der Waals surface area contributed by atoms with Crippen molar-refractivity contribution < 1.29 is 19.2 Å². The van der Waals surface area contributed by atoms with Crippen LogP contribution >= 0.6 is 0 Å². The molecule has 0 aliphatic carbocycles. The number of unbranched alkanes of at least 4 members (excludes halogenated alkanes) is 1. The Bertz CT molecular complexity index is 501. The number of likely N-dealkylation sites (N-methyl/N-ethyl adjacent to an activating group) is 2. The van der Waals surface area contributed by atoms with Crippen LogP contribution in [0.15, 0.2) is 0 Å². The minimum Gasteiger partial charge on any atom is -0.357 e. The molecule has 0 saturated carbocycles. The first-order valence-corrected chi connectivity index (χ1v) is 8.91. The topological polar surface area (TPSA) is 95.6 Å². The molecule has 2 atom stereocenters. The lowest BCUT2D eigenvalue weighted by Gasteiger charge is -2.28. The first kappa shape index (κ1) is 21.1. The molecule has 1 fully saturated rings. The van der Waals surface area contributed by atoms with Gasteiger partial charge in [-0.3, -0.25) is 19.2 Å². The minimum absolute atomic E-state index is 0.174. The van der Waals surface area contributed by atoms with E-state index in [1.807, 2.05) is 20.8 Å². The van der Waals surface area contributed by atoms with Crippen molar-refractivity contribution in [3.8, 4) is 0 Å². The lowest BCUT2D eigenvalue weighted by atomic mass is 9.88. The molecule has 7 nitrogen and oxygen atoms in total. The van der Waals surface area contributed by atoms with Crippen molar-refractivity contribution in [3.63, 3.8) is 0 Å². The fourth-order valence-electron chi connectivity index (χ4n) is 3.07. The second kappa shape index (κ2) is 8.97. The van der Waals surface area contributed by atoms with Crippen LogP contribution in [0.2, 0.25) is 0 Å². The summed E-state index contributed by atoms with van der Waals surface area (Å²) >= 11 is 0. The summed E-state index contributed by atoms with van der Waals surface area (Å²) in [6, 6.07) is -1.20. The molecule has 0 bridgehead atoms. The Kier molecular flexibility index (Phi) is 7.58. The Balaban J connectivity index is 2.65. The molecule has 1 aliphatic heterocycles. The third-order valence-corrected chi connectivity index (χ3v) is 4.65. The second-order valence-corrected chi connectivity index (χ2v) is 7.52. The number of nitrogens with zero attached hydrogens (tertiary/aromatic N) is 1. The highest BCUT2D eigenvalue weighted by Gasteiger charge is 2.43. The summed E-state index contributed by atoms with van der Waals surface area (Å²) in [6.45, 7) is 5.64. The van der Waals surface area contributed by atoms with Gasteiger partial charge in [-0.25, -0.2) is 0 Å². The highest BCUT2D eigenvalue weighted by molar-refractivity contribution is 5.93. The molecule has 0 unspecified atom stereocenters. The Labute approximate surface area is 149 Å². The van der Waals surface area contributed by atoms with Gasteiger partial charge in [0, 0.05) is 32.4 Å². The van der Waals surface area contributed by atoms with Gasteiger partial charge in [0.2, 0.25) is 17.7 Å². The van der Waals surface area contributed by atoms with Crippen molar-refractivity contribution in [2.75, 3.05) is 14.1 Å². The summed E-state index contributed by atoms with van der Waals surface area (Å²) < 4.78 is 0. The molecular formula is C18H31N3O4. The molecule has 7 heteroatoms. The van der Waals surface area contributed by atoms with Crippen molar-refractivity contribution in [2.24, 2.45) is 5.41 Å². The molecule has 142 valence electrons. The Morgan fingerprint density at radius 2 is 1.32 bits per heavy atom. The second-order valence-electron chi connectivity index (χ2n) is 7.52. The molecule has 0 aromatic carbocycles. The fraction of sp³-hybridized carbons (Fsp3) is 0.778. The normalized spacial score (nSPS) is 20.3. The number of Topliss-reactive ketones (excluding diaryl/α,β-unsaturated/α-hetero) is 1. The van der Waals surface area contributed by atoms with E-state index in [0.29, 0.717) is 32.1 Å². The summed E-state index contributed by atoms with van der Waals surface area (Å²) in [6.07, 6.45) is 2.83. The van der Waals surface area contributed by atoms with Crippen molar-refractivity contribution >= 4 is 23.5 Å². The van der Waals surface area contributed by atoms with Gasteiger partial charge in [-0.2, -0.15) is 0 Å². The Morgan fingerprint density at radius 1 is 0.880 bits per heavy atom. The molecule has 1 heterocycles. The van der Waals surface area contributed by atoms with Crippen molar-refractivity contribution in [1.82, 2.24) is 15.5 Å². The van der Waals surface area contributed by atoms with Crippen LogP contribution < -0.4 is 10.6 Å². The van der Waals surface area contributed by atoms with E-state index in [-0.39, 0.29) is 35.3 Å². The first-order valence-electron chi connectivity index (χ1n) is 8.91. The maximum Gasteiger partial charge on any atom is 0.242 e. The van der Waals surface area contributed by atoms with Crippen molar-refractivity contribution in [1.29, 1.82) is 0 Å². The third-order valence-electron chi connectivity index (χ3n) is 4.65. The van der Waals surface area contributed by atoms with E-state index in [9.17, 15) is 19.2 Å². The summed E-state index contributed by atoms with van der Waals surface area (Å²) in [5.74, 6) is -0.527. The van der Waals surface area contributed by atoms with Crippen LogP contribution in [-0.2, 0) is 19.2 Å². The predicted octanol–water partition coefficient (Wildman–Crippen LogP) is 1.01. The number of carbonyl (C=O) groups excluding carboxylic acids is 4. The zero-order valence-electron chi connectivity index (χ0n) is 16.0. The van der Waals surface area contributed by atoms with Crippen LogP contribution in [-0.4, -0.2) is 54.6 Å². The van der Waals surface area contributed by atoms with Gasteiger partial charge >= 0.3 is 0 Å². The maximum absolute atomic E-state index is 12.6. The summed E-state index contributed by atoms with van der Waals surface area (Å²) in [7, 11) is 3.05. The molecule has 2 N–H and O–H groups in total. The van der Waals surface area contributed by atoms with E-state index < -0.39 is 12.1 Å². The van der Waals surface area contributed by atoms with E-state index in [2.05, 4.69) is 10.6 Å². The summed E-state index contributed by atoms with van der Waals surface area (Å²) in [5.41, 5.74) is -0.367. The average molecular weight is 353 g/mol. The number of nitrogens with one attached hydrogen (secondary N) is 2. The zero-order chi connectivity index (χ0) is 19.2. The highest BCUT2D eigenvalue weighted by Crippen LogP contribution is 2.26. The lowest BCUT2D eigenvalue weighted by molar-refractivity contribution is -0.144. The SMILES string of the molecule is CNC(=O)[C@H]1CC[C@@H](C(=O)NC)N1C(=O)CCCCC(=O)C(C)(C)C. The van der Waals surface area contributed by atoms with Crippen molar-refractivity contribution in [3.05, 3.63) is 0 Å². The Morgan fingerprint density at radius 3 is 1.72 bits per heavy atom. The predicted molar refractivity (Wildman–Crippen MR) is 94.7 cm³/mol. The van der Waals surface area contributed by atoms with Crippen LogP contribution in [0.25, 0.3) is 0 Å². The molecule has 0 aromatic rings. The molecule has 1 rings (SSSR count). The van der Waals surface area contributed by atoms with Gasteiger partial charge in [0.25, 0.3) is 0 Å². The van der Waals surface area contributed by atoms with Gasteiger partial charge in [0.15, 0.2) is 0 Å². The largest absolute Gasteiger partial charge is 0.357 e. The van der Waals surface area contributed by atoms with Gasteiger partial charge in [0.05, 0.1) is 0 Å². The van der Waals surface area contributed by atoms with E-state index in [4.69, 9.17) is 0 Å². The first-order chi connectivity index (χ1) is 11.6. The van der Waals surface area contributed by atoms with Gasteiger partial charge in [0.1, 0.15) is 17.9 Å². The molecule has 3 amide bonds. The lowest BCUT2D eigenvalue weighted by Crippen LogP contribution is -2.52. The molecule has 1 saturated heterocycles. The standard InChI is InChI=1S/C18H31N3O4/c1-18(2,3)14(22)8-6-7-9-15(23)21-12(16(24)19-4)10-11-13(21)17(25)20-5/h12-13H,6-11H2,1-5H3,(H,19,24)(H,20,25)/t12-,13+. The van der Waals surface area contributed by atoms with Crippen LogP contribution in [0.5, 0.6) is 0 Å². The van der Waals surface area contributed by atoms with Gasteiger partial charge in [-0.15, -0.1) is 0 Å². The summed E-state index contributed by atoms with van der Waals surface area (Å²) in [4.78, 5) is 50.0. The van der Waals surface area contributed by atoms with Crippen LogP contribution in [0, 0.1) is 5.41 Å². The number of carbonyl (C=O) groups is 4. The number of hydrogen-bond acceptors (Lipinski definition) is 4. The number of ketones is 1. The van der Waals surface area contributed by atoms with Crippen LogP contribution in [0.1, 0.15) is 59.3 Å². The van der Waals surface area contributed by atoms with E-state index in [1.165, 1.54) is 19.0 Å². The smallest absolute Gasteiger partial charge is 0.242 e. The molecule has 0 radical (unpaired) electrons. The summed E-state index contributed by atoms with van der Waals surface area (Å²) in [5, 5.41) is 5.12.